The number of likely N-dealkylation sites (tertiary alicyclic amines) is 1. The van der Waals surface area contributed by atoms with Gasteiger partial charge in [0.15, 0.2) is 5.13 Å². The lowest BCUT2D eigenvalue weighted by molar-refractivity contribution is -0.158. The summed E-state index contributed by atoms with van der Waals surface area (Å²) in [6.07, 6.45) is 3.15. The zero-order valence-electron chi connectivity index (χ0n) is 22.2. The Labute approximate surface area is 238 Å². The Hall–Kier alpha value is -3.50. The molecular formula is C24H30N8O6S2. The molecule has 14 nitrogen and oxygen atoms in total. The normalized spacial score (nSPS) is 26.3. The molecule has 0 radical (unpaired) electrons. The second-order valence-corrected chi connectivity index (χ2v) is 12.6. The van der Waals surface area contributed by atoms with Crippen molar-refractivity contribution in [2.24, 2.45) is 5.16 Å². The average molecular weight is 591 g/mol. The predicted octanol–water partition coefficient (Wildman–Crippen LogP) is -0.185. The number of rotatable bonds is 6. The molecule has 5 heterocycles. The number of aromatic nitrogens is 2. The monoisotopic (exact) mass is 590 g/mol. The maximum Gasteiger partial charge on any atom is 0.355 e. The molecule has 1 aromatic rings. The van der Waals surface area contributed by atoms with Gasteiger partial charge in [0.05, 0.1) is 0 Å². The number of nitrogens with zero attached hydrogens (tertiary/aromatic N) is 5. The van der Waals surface area contributed by atoms with E-state index in [-0.39, 0.29) is 28.6 Å². The van der Waals surface area contributed by atoms with E-state index in [1.54, 1.807) is 26.8 Å². The van der Waals surface area contributed by atoms with Gasteiger partial charge in [-0.15, -0.1) is 11.8 Å². The number of nitrogen functional groups attached to an aromatic ring is 1. The van der Waals surface area contributed by atoms with Gasteiger partial charge in [-0.2, -0.15) is 9.36 Å². The van der Waals surface area contributed by atoms with Crippen molar-refractivity contribution < 1.29 is 29.1 Å². The number of nitrogens with two attached hydrogens (primary N) is 1. The first kappa shape index (κ1) is 28.0. The van der Waals surface area contributed by atoms with E-state index in [4.69, 9.17) is 10.5 Å². The number of thioether (sulfide) groups is 1. The summed E-state index contributed by atoms with van der Waals surface area (Å²) in [4.78, 5) is 59.7. The summed E-state index contributed by atoms with van der Waals surface area (Å²) in [7, 11) is 0. The SMILES string of the molecule is CC(C)(C)OC(=O)C1=C(/C=C2\CCN([C@H]3CCNC3)C2=O)CS[C@@H]2[C@H](NC(=O)/C(=N\O)c3nsc(N)n3)C(=O)N12. The second-order valence-electron chi connectivity index (χ2n) is 10.7. The largest absolute Gasteiger partial charge is 0.455 e. The molecular weight excluding hydrogens is 560 g/mol. The number of ether oxygens (including phenoxy) is 1. The fraction of sp³-hybridized carbons (Fsp3) is 0.542. The molecule has 3 fully saturated rings. The van der Waals surface area contributed by atoms with Crippen LogP contribution in [0.25, 0.3) is 0 Å². The van der Waals surface area contributed by atoms with Crippen LogP contribution in [-0.2, 0) is 23.9 Å². The lowest BCUT2D eigenvalue weighted by atomic mass is 10.0. The van der Waals surface area contributed by atoms with Crippen LogP contribution in [0.5, 0.6) is 0 Å². The molecule has 0 saturated carbocycles. The second kappa shape index (κ2) is 10.8. The summed E-state index contributed by atoms with van der Waals surface area (Å²) in [6, 6.07) is -0.859. The molecule has 3 atom stereocenters. The van der Waals surface area contributed by atoms with Crippen LogP contribution in [-0.4, -0.2) is 102 Å². The van der Waals surface area contributed by atoms with Crippen LogP contribution in [0, 0.1) is 0 Å². The summed E-state index contributed by atoms with van der Waals surface area (Å²) in [6.45, 7) is 7.40. The van der Waals surface area contributed by atoms with Gasteiger partial charge in [0.2, 0.25) is 17.4 Å². The van der Waals surface area contributed by atoms with E-state index in [0.29, 0.717) is 29.9 Å². The van der Waals surface area contributed by atoms with Crippen molar-refractivity contribution in [2.45, 2.75) is 56.7 Å². The van der Waals surface area contributed by atoms with Gasteiger partial charge in [0, 0.05) is 42.0 Å². The van der Waals surface area contributed by atoms with Crippen molar-refractivity contribution in [3.63, 3.8) is 0 Å². The minimum atomic E-state index is -1.00. The molecule has 0 aliphatic carbocycles. The number of anilines is 1. The molecule has 5 N–H and O–H groups in total. The smallest absolute Gasteiger partial charge is 0.355 e. The van der Waals surface area contributed by atoms with Gasteiger partial charge < -0.3 is 31.2 Å². The molecule has 4 aliphatic heterocycles. The van der Waals surface area contributed by atoms with E-state index in [9.17, 15) is 24.4 Å². The van der Waals surface area contributed by atoms with Crippen molar-refractivity contribution >= 4 is 57.8 Å². The number of β-lactam (4-membered cyclic amide) rings is 1. The third-order valence-corrected chi connectivity index (χ3v) is 8.67. The van der Waals surface area contributed by atoms with E-state index in [1.165, 1.54) is 16.7 Å². The van der Waals surface area contributed by atoms with Crippen molar-refractivity contribution in [2.75, 3.05) is 31.1 Å². The highest BCUT2D eigenvalue weighted by Crippen LogP contribution is 2.42. The number of carbonyl (C=O) groups is 4. The third kappa shape index (κ3) is 5.30. The summed E-state index contributed by atoms with van der Waals surface area (Å²) in [5.41, 5.74) is 5.40. The Bertz CT molecular complexity index is 1340. The van der Waals surface area contributed by atoms with Crippen LogP contribution >= 0.6 is 23.3 Å². The molecule has 214 valence electrons. The number of esters is 1. The maximum absolute atomic E-state index is 13.4. The summed E-state index contributed by atoms with van der Waals surface area (Å²) in [5.74, 6) is -2.03. The highest BCUT2D eigenvalue weighted by Gasteiger charge is 2.55. The Morgan fingerprint density at radius 3 is 2.73 bits per heavy atom. The van der Waals surface area contributed by atoms with E-state index < -0.39 is 40.5 Å². The number of oxime groups is 1. The van der Waals surface area contributed by atoms with Crippen LogP contribution in [0.15, 0.2) is 28.1 Å². The number of hydrogen-bond acceptors (Lipinski definition) is 13. The van der Waals surface area contributed by atoms with E-state index in [2.05, 4.69) is 25.1 Å². The highest BCUT2D eigenvalue weighted by molar-refractivity contribution is 8.00. The third-order valence-electron chi connectivity index (χ3n) is 6.83. The molecule has 0 spiro atoms. The minimum Gasteiger partial charge on any atom is -0.455 e. The first-order valence-electron chi connectivity index (χ1n) is 12.7. The van der Waals surface area contributed by atoms with Gasteiger partial charge in [-0.3, -0.25) is 19.3 Å². The number of amides is 3. The van der Waals surface area contributed by atoms with Crippen LogP contribution in [0.4, 0.5) is 5.13 Å². The predicted molar refractivity (Wildman–Crippen MR) is 146 cm³/mol. The summed E-state index contributed by atoms with van der Waals surface area (Å²) in [5, 5.41) is 17.6. The van der Waals surface area contributed by atoms with Crippen LogP contribution in [0.3, 0.4) is 0 Å². The van der Waals surface area contributed by atoms with Crippen LogP contribution in [0.2, 0.25) is 0 Å². The van der Waals surface area contributed by atoms with Crippen molar-refractivity contribution in [3.8, 4) is 0 Å². The van der Waals surface area contributed by atoms with Gasteiger partial charge in [-0.1, -0.05) is 5.16 Å². The number of hydrogen-bond donors (Lipinski definition) is 4. The molecule has 3 amide bonds. The summed E-state index contributed by atoms with van der Waals surface area (Å²) < 4.78 is 9.50. The number of nitrogens with one attached hydrogen (secondary N) is 2. The van der Waals surface area contributed by atoms with Crippen LogP contribution < -0.4 is 16.4 Å². The molecule has 4 aliphatic rings. The van der Waals surface area contributed by atoms with Gasteiger partial charge in [0.1, 0.15) is 22.7 Å². The Balaban J connectivity index is 1.39. The van der Waals surface area contributed by atoms with Gasteiger partial charge in [0.25, 0.3) is 11.8 Å². The average Bonchev–Trinajstić information content (AvgIpc) is 3.64. The first-order chi connectivity index (χ1) is 19.0. The lowest BCUT2D eigenvalue weighted by Crippen LogP contribution is -2.71. The summed E-state index contributed by atoms with van der Waals surface area (Å²) >= 11 is 2.16. The topological polar surface area (TPSA) is 192 Å². The molecule has 1 aromatic heterocycles. The molecule has 0 unspecified atom stereocenters. The first-order valence-corrected chi connectivity index (χ1v) is 14.6. The molecule has 0 aromatic carbocycles. The molecule has 0 bridgehead atoms. The quantitative estimate of drug-likeness (QED) is 0.0857. The Morgan fingerprint density at radius 2 is 2.10 bits per heavy atom. The van der Waals surface area contributed by atoms with Gasteiger partial charge >= 0.3 is 5.97 Å². The van der Waals surface area contributed by atoms with Gasteiger partial charge in [-0.05, 0) is 51.8 Å². The number of carbonyl (C=O) groups excluding carboxylic acids is 4. The zero-order chi connectivity index (χ0) is 28.8. The Kier molecular flexibility index (Phi) is 7.58. The minimum absolute atomic E-state index is 0.0560. The Morgan fingerprint density at radius 1 is 1.32 bits per heavy atom. The van der Waals surface area contributed by atoms with E-state index >= 15 is 0 Å². The molecule has 5 rings (SSSR count). The number of allylic oxidation sites excluding steroid dienone is 1. The molecule has 3 saturated heterocycles. The molecule has 40 heavy (non-hydrogen) atoms. The highest BCUT2D eigenvalue weighted by atomic mass is 32.2. The maximum atomic E-state index is 13.4. The fourth-order valence-corrected chi connectivity index (χ4v) is 6.77. The van der Waals surface area contributed by atoms with Crippen LogP contribution in [0.1, 0.15) is 39.4 Å². The number of fused-ring (bicyclic) bond motifs is 1. The zero-order valence-corrected chi connectivity index (χ0v) is 23.8. The van der Waals surface area contributed by atoms with Gasteiger partial charge in [-0.25, -0.2) is 4.79 Å². The van der Waals surface area contributed by atoms with Crippen molar-refractivity contribution in [1.29, 1.82) is 0 Å². The van der Waals surface area contributed by atoms with Crippen molar-refractivity contribution in [1.82, 2.24) is 29.8 Å². The lowest BCUT2D eigenvalue weighted by Gasteiger charge is -2.49. The van der Waals surface area contributed by atoms with E-state index in [1.807, 2.05) is 4.90 Å². The molecule has 16 heteroatoms. The standard InChI is InChI=1S/C24H30N8O6S2/c1-24(2,3)38-22(36)16-12(8-11-5-7-31(19(11)34)13-4-6-26-9-13)10-39-21-15(20(35)32(16)21)27-18(33)14(29-37)17-28-23(25)40-30-17/h8,13,15,21,26,37H,4-7,9-10H2,1-3H3,(H,27,33)(H2,25,28,30)/b11-8+,29-14-/t13-,15+,21+/m0/s1. The van der Waals surface area contributed by atoms with Crippen molar-refractivity contribution in [3.05, 3.63) is 28.7 Å². The fourth-order valence-electron chi connectivity index (χ4n) is 5.03. The van der Waals surface area contributed by atoms with E-state index in [0.717, 1.165) is 31.0 Å².